The number of halogens is 2. The predicted octanol–water partition coefficient (Wildman–Crippen LogP) is 1.15. The SMILES string of the molecule is Cn1nc2c(cc1=O)CN(CC(O)c1ccc(F)c(F)c1)CC2. The van der Waals surface area contributed by atoms with Crippen LogP contribution in [0.25, 0.3) is 0 Å². The molecule has 1 aliphatic rings. The average molecular weight is 321 g/mol. The van der Waals surface area contributed by atoms with Gasteiger partial charge in [0.25, 0.3) is 5.56 Å². The van der Waals surface area contributed by atoms with Gasteiger partial charge in [0.2, 0.25) is 0 Å². The third kappa shape index (κ3) is 3.30. The van der Waals surface area contributed by atoms with E-state index in [-0.39, 0.29) is 12.1 Å². The second-order valence-electron chi connectivity index (χ2n) is 5.75. The number of aromatic nitrogens is 2. The summed E-state index contributed by atoms with van der Waals surface area (Å²) in [7, 11) is 1.61. The van der Waals surface area contributed by atoms with Gasteiger partial charge in [0.1, 0.15) is 0 Å². The van der Waals surface area contributed by atoms with Crippen molar-refractivity contribution >= 4 is 0 Å². The van der Waals surface area contributed by atoms with Gasteiger partial charge in [-0.25, -0.2) is 13.5 Å². The Kier molecular flexibility index (Phi) is 4.23. The molecule has 0 saturated carbocycles. The molecule has 5 nitrogen and oxygen atoms in total. The van der Waals surface area contributed by atoms with Crippen LogP contribution < -0.4 is 5.56 Å². The van der Waals surface area contributed by atoms with Crippen LogP contribution in [0.2, 0.25) is 0 Å². The minimum Gasteiger partial charge on any atom is -0.387 e. The van der Waals surface area contributed by atoms with Gasteiger partial charge >= 0.3 is 0 Å². The number of aliphatic hydroxyl groups excluding tert-OH is 1. The summed E-state index contributed by atoms with van der Waals surface area (Å²) in [6.07, 6.45) is -0.250. The summed E-state index contributed by atoms with van der Waals surface area (Å²) in [5, 5.41) is 14.5. The maximum Gasteiger partial charge on any atom is 0.266 e. The molecule has 1 aliphatic heterocycles. The first kappa shape index (κ1) is 15.8. The van der Waals surface area contributed by atoms with Gasteiger partial charge in [-0.1, -0.05) is 6.07 Å². The lowest BCUT2D eigenvalue weighted by Gasteiger charge is -2.29. The number of benzene rings is 1. The summed E-state index contributed by atoms with van der Waals surface area (Å²) in [4.78, 5) is 13.6. The van der Waals surface area contributed by atoms with Gasteiger partial charge in [-0.3, -0.25) is 9.69 Å². The Morgan fingerprint density at radius 1 is 1.30 bits per heavy atom. The second kappa shape index (κ2) is 6.17. The number of hydrogen-bond donors (Lipinski definition) is 1. The first-order valence-corrected chi connectivity index (χ1v) is 7.35. The fourth-order valence-corrected chi connectivity index (χ4v) is 2.78. The largest absolute Gasteiger partial charge is 0.387 e. The summed E-state index contributed by atoms with van der Waals surface area (Å²) in [5.74, 6) is -1.91. The van der Waals surface area contributed by atoms with Crippen LogP contribution >= 0.6 is 0 Å². The minimum absolute atomic E-state index is 0.174. The van der Waals surface area contributed by atoms with Gasteiger partial charge in [-0.2, -0.15) is 5.10 Å². The molecule has 2 aromatic rings. The van der Waals surface area contributed by atoms with Gasteiger partial charge in [0, 0.05) is 39.2 Å². The van der Waals surface area contributed by atoms with Crippen molar-refractivity contribution in [1.29, 1.82) is 0 Å². The Labute approximate surface area is 131 Å². The standard InChI is InChI=1S/C16H17F2N3O2/c1-20-16(23)7-11-8-21(5-4-14(11)19-20)9-15(22)10-2-3-12(17)13(18)6-10/h2-3,6-7,15,22H,4-5,8-9H2,1H3. The van der Waals surface area contributed by atoms with E-state index in [4.69, 9.17) is 0 Å². The minimum atomic E-state index is -0.974. The maximum atomic E-state index is 13.3. The lowest BCUT2D eigenvalue weighted by atomic mass is 10.0. The topological polar surface area (TPSA) is 58.4 Å². The first-order chi connectivity index (χ1) is 10.9. The van der Waals surface area contributed by atoms with E-state index in [1.165, 1.54) is 10.7 Å². The summed E-state index contributed by atoms with van der Waals surface area (Å²) in [6, 6.07) is 4.94. The number of nitrogens with zero attached hydrogens (tertiary/aromatic N) is 3. The van der Waals surface area contributed by atoms with Crippen molar-refractivity contribution in [3.63, 3.8) is 0 Å². The van der Waals surface area contributed by atoms with Gasteiger partial charge in [-0.15, -0.1) is 0 Å². The molecule has 0 spiro atoms. The summed E-state index contributed by atoms with van der Waals surface area (Å²) in [5.41, 5.74) is 1.88. The molecule has 0 bridgehead atoms. The highest BCUT2D eigenvalue weighted by molar-refractivity contribution is 5.22. The third-order valence-corrected chi connectivity index (χ3v) is 4.08. The van der Waals surface area contributed by atoms with Crippen molar-refractivity contribution in [2.24, 2.45) is 7.05 Å². The molecule has 0 amide bonds. The van der Waals surface area contributed by atoms with Crippen LogP contribution in [0.15, 0.2) is 29.1 Å². The van der Waals surface area contributed by atoms with Crippen molar-refractivity contribution in [3.05, 3.63) is 63.1 Å². The van der Waals surface area contributed by atoms with Crippen molar-refractivity contribution in [1.82, 2.24) is 14.7 Å². The zero-order valence-corrected chi connectivity index (χ0v) is 12.7. The highest BCUT2D eigenvalue weighted by Crippen LogP contribution is 2.21. The van der Waals surface area contributed by atoms with E-state index in [0.717, 1.165) is 23.4 Å². The number of β-amino-alcohol motifs (C(OH)–C–C–N with tert-alkyl or cyclic N) is 1. The number of aryl methyl sites for hydroxylation is 1. The van der Waals surface area contributed by atoms with Gasteiger partial charge in [0.05, 0.1) is 11.8 Å². The van der Waals surface area contributed by atoms with Crippen molar-refractivity contribution < 1.29 is 13.9 Å². The molecule has 1 unspecified atom stereocenters. The van der Waals surface area contributed by atoms with Crippen LogP contribution in [0.4, 0.5) is 8.78 Å². The Balaban J connectivity index is 1.72. The fourth-order valence-electron chi connectivity index (χ4n) is 2.78. The lowest BCUT2D eigenvalue weighted by Crippen LogP contribution is -2.36. The molecule has 3 rings (SSSR count). The molecule has 1 N–H and O–H groups in total. The molecule has 1 aromatic heterocycles. The molecule has 0 saturated heterocycles. The van der Waals surface area contributed by atoms with E-state index in [1.54, 1.807) is 13.1 Å². The molecule has 122 valence electrons. The van der Waals surface area contributed by atoms with E-state index >= 15 is 0 Å². The molecule has 0 aliphatic carbocycles. The average Bonchev–Trinajstić information content (AvgIpc) is 2.51. The van der Waals surface area contributed by atoms with Crippen molar-refractivity contribution in [2.45, 2.75) is 19.1 Å². The Morgan fingerprint density at radius 3 is 2.83 bits per heavy atom. The predicted molar refractivity (Wildman–Crippen MR) is 79.8 cm³/mol. The fraction of sp³-hybridized carbons (Fsp3) is 0.375. The van der Waals surface area contributed by atoms with E-state index in [2.05, 4.69) is 5.10 Å². The van der Waals surface area contributed by atoms with Gasteiger partial charge in [0.15, 0.2) is 11.6 Å². The van der Waals surface area contributed by atoms with Crippen LogP contribution in [0.1, 0.15) is 22.9 Å². The number of aliphatic hydroxyl groups is 1. The number of hydrogen-bond acceptors (Lipinski definition) is 4. The van der Waals surface area contributed by atoms with Crippen LogP contribution in [0.5, 0.6) is 0 Å². The first-order valence-electron chi connectivity index (χ1n) is 7.35. The molecule has 1 aromatic carbocycles. The Bertz CT molecular complexity index is 791. The highest BCUT2D eigenvalue weighted by Gasteiger charge is 2.21. The Morgan fingerprint density at radius 2 is 2.09 bits per heavy atom. The van der Waals surface area contributed by atoms with Gasteiger partial charge in [-0.05, 0) is 23.3 Å². The zero-order valence-electron chi connectivity index (χ0n) is 12.7. The Hall–Kier alpha value is -2.12. The number of fused-ring (bicyclic) bond motifs is 1. The molecular weight excluding hydrogens is 304 g/mol. The van der Waals surface area contributed by atoms with Crippen LogP contribution in [-0.2, 0) is 20.0 Å². The van der Waals surface area contributed by atoms with Crippen LogP contribution in [0, 0.1) is 11.6 Å². The smallest absolute Gasteiger partial charge is 0.266 e. The summed E-state index contributed by atoms with van der Waals surface area (Å²) < 4.78 is 27.5. The van der Waals surface area contributed by atoms with E-state index in [0.29, 0.717) is 25.1 Å². The lowest BCUT2D eigenvalue weighted by molar-refractivity contribution is 0.105. The quantitative estimate of drug-likeness (QED) is 0.921. The molecule has 1 atom stereocenters. The van der Waals surface area contributed by atoms with Crippen LogP contribution in [0.3, 0.4) is 0 Å². The second-order valence-corrected chi connectivity index (χ2v) is 5.75. The molecular formula is C16H17F2N3O2. The number of rotatable bonds is 3. The third-order valence-electron chi connectivity index (χ3n) is 4.08. The van der Waals surface area contributed by atoms with Crippen molar-refractivity contribution in [3.8, 4) is 0 Å². The van der Waals surface area contributed by atoms with Gasteiger partial charge < -0.3 is 5.11 Å². The van der Waals surface area contributed by atoms with E-state index in [1.807, 2.05) is 4.90 Å². The molecule has 0 fully saturated rings. The molecule has 0 radical (unpaired) electrons. The monoisotopic (exact) mass is 321 g/mol. The van der Waals surface area contributed by atoms with Crippen LogP contribution in [-0.4, -0.2) is 32.9 Å². The van der Waals surface area contributed by atoms with E-state index < -0.39 is 17.7 Å². The van der Waals surface area contributed by atoms with Crippen molar-refractivity contribution in [2.75, 3.05) is 13.1 Å². The highest BCUT2D eigenvalue weighted by atomic mass is 19.2. The molecule has 2 heterocycles. The normalized spacial score (nSPS) is 16.2. The zero-order chi connectivity index (χ0) is 16.6. The summed E-state index contributed by atoms with van der Waals surface area (Å²) in [6.45, 7) is 1.46. The molecule has 23 heavy (non-hydrogen) atoms. The van der Waals surface area contributed by atoms with E-state index in [9.17, 15) is 18.7 Å². The summed E-state index contributed by atoms with van der Waals surface area (Å²) >= 11 is 0. The maximum absolute atomic E-state index is 13.3. The molecule has 7 heteroatoms.